The second-order valence-corrected chi connectivity index (χ2v) is 4.37. The molecule has 0 aliphatic rings. The van der Waals surface area contributed by atoms with Gasteiger partial charge in [-0.25, -0.2) is 4.98 Å². The maximum absolute atomic E-state index is 10.8. The zero-order chi connectivity index (χ0) is 14.8. The summed E-state index contributed by atoms with van der Waals surface area (Å²) in [7, 11) is 1.60. The molecule has 0 spiro atoms. The number of hydrogen-bond donors (Lipinski definition) is 1. The van der Waals surface area contributed by atoms with E-state index in [-0.39, 0.29) is 12.2 Å². The molecule has 1 N–H and O–H groups in total. The Bertz CT molecular complexity index is 813. The maximum Gasteiger partial charge on any atom is 0.311 e. The molecule has 0 saturated heterocycles. The summed E-state index contributed by atoms with van der Waals surface area (Å²) in [6, 6.07) is 9.29. The van der Waals surface area contributed by atoms with Gasteiger partial charge in [0.2, 0.25) is 0 Å². The summed E-state index contributed by atoms with van der Waals surface area (Å²) in [5.41, 5.74) is 1.65. The largest absolute Gasteiger partial charge is 0.497 e. The Morgan fingerprint density at radius 1 is 1.38 bits per heavy atom. The van der Waals surface area contributed by atoms with Crippen LogP contribution >= 0.6 is 0 Å². The molecule has 0 radical (unpaired) electrons. The van der Waals surface area contributed by atoms with Crippen molar-refractivity contribution < 1.29 is 14.6 Å². The first kappa shape index (κ1) is 13.0. The van der Waals surface area contributed by atoms with Gasteiger partial charge < -0.3 is 9.84 Å². The van der Waals surface area contributed by atoms with E-state index in [1.54, 1.807) is 19.4 Å². The van der Waals surface area contributed by atoms with Crippen molar-refractivity contribution in [2.45, 2.75) is 6.42 Å². The number of nitrogens with zero attached hydrogens (tertiary/aromatic N) is 4. The maximum atomic E-state index is 10.8. The van der Waals surface area contributed by atoms with Gasteiger partial charge in [0.15, 0.2) is 5.82 Å². The summed E-state index contributed by atoms with van der Waals surface area (Å²) in [6.07, 6.45) is 1.38. The lowest BCUT2D eigenvalue weighted by Gasteiger charge is -2.05. The van der Waals surface area contributed by atoms with Gasteiger partial charge >= 0.3 is 5.97 Å². The molecular formula is C14H12N4O3. The highest BCUT2D eigenvalue weighted by molar-refractivity contribution is 5.69. The predicted octanol–water partition coefficient (Wildman–Crippen LogP) is 1.43. The van der Waals surface area contributed by atoms with Crippen LogP contribution < -0.4 is 4.74 Å². The highest BCUT2D eigenvalue weighted by Crippen LogP contribution is 2.23. The van der Waals surface area contributed by atoms with Crippen LogP contribution in [0.15, 0.2) is 36.5 Å². The third-order valence-corrected chi connectivity index (χ3v) is 2.96. The second-order valence-electron chi connectivity index (χ2n) is 4.37. The molecule has 0 bridgehead atoms. The summed E-state index contributed by atoms with van der Waals surface area (Å²) in [6.45, 7) is 0. The van der Waals surface area contributed by atoms with Crippen molar-refractivity contribution in [1.29, 1.82) is 0 Å². The standard InChI is InChI=1S/C14H12N4O3/c1-21-10-4-2-3-9(7-10)11-5-6-15-14-16-12(8-13(19)20)17-18(11)14/h2-7H,8H2,1H3,(H,19,20). The smallest absolute Gasteiger partial charge is 0.311 e. The van der Waals surface area contributed by atoms with Gasteiger partial charge in [0.25, 0.3) is 5.78 Å². The summed E-state index contributed by atoms with van der Waals surface area (Å²) in [5, 5.41) is 13.0. The van der Waals surface area contributed by atoms with Crippen LogP contribution in [-0.4, -0.2) is 37.8 Å². The zero-order valence-electron chi connectivity index (χ0n) is 11.2. The molecule has 0 atom stereocenters. The van der Waals surface area contributed by atoms with Crippen molar-refractivity contribution in [2.24, 2.45) is 0 Å². The number of fused-ring (bicyclic) bond motifs is 1. The lowest BCUT2D eigenvalue weighted by molar-refractivity contribution is -0.136. The van der Waals surface area contributed by atoms with Crippen LogP contribution in [0.4, 0.5) is 0 Å². The van der Waals surface area contributed by atoms with Gasteiger partial charge in [-0.15, -0.1) is 5.10 Å². The van der Waals surface area contributed by atoms with Crippen molar-refractivity contribution in [3.63, 3.8) is 0 Å². The van der Waals surface area contributed by atoms with Gasteiger partial charge in [-0.1, -0.05) is 12.1 Å². The van der Waals surface area contributed by atoms with Crippen LogP contribution in [-0.2, 0) is 11.2 Å². The fourth-order valence-corrected chi connectivity index (χ4v) is 2.05. The van der Waals surface area contributed by atoms with Crippen LogP contribution in [0, 0.1) is 0 Å². The van der Waals surface area contributed by atoms with E-state index in [9.17, 15) is 4.79 Å². The van der Waals surface area contributed by atoms with Crippen LogP contribution in [0.1, 0.15) is 5.82 Å². The van der Waals surface area contributed by atoms with Gasteiger partial charge in [-0.2, -0.15) is 9.50 Å². The van der Waals surface area contributed by atoms with Gasteiger partial charge in [-0.3, -0.25) is 4.79 Å². The summed E-state index contributed by atoms with van der Waals surface area (Å²) in [4.78, 5) is 19.0. The molecule has 0 aliphatic heterocycles. The lowest BCUT2D eigenvalue weighted by atomic mass is 10.1. The Balaban J connectivity index is 2.13. The molecule has 0 amide bonds. The van der Waals surface area contributed by atoms with Crippen molar-refractivity contribution in [3.05, 3.63) is 42.4 Å². The van der Waals surface area contributed by atoms with E-state index in [0.29, 0.717) is 5.78 Å². The summed E-state index contributed by atoms with van der Waals surface area (Å²) >= 11 is 0. The van der Waals surface area contributed by atoms with E-state index in [4.69, 9.17) is 9.84 Å². The zero-order valence-corrected chi connectivity index (χ0v) is 11.2. The highest BCUT2D eigenvalue weighted by Gasteiger charge is 2.12. The minimum absolute atomic E-state index is 0.227. The number of carbonyl (C=O) groups is 1. The number of benzene rings is 1. The number of methoxy groups -OCH3 is 1. The fourth-order valence-electron chi connectivity index (χ4n) is 2.05. The van der Waals surface area contributed by atoms with Crippen LogP contribution in [0.3, 0.4) is 0 Å². The molecule has 7 heteroatoms. The SMILES string of the molecule is COc1cccc(-c2ccnc3nc(CC(=O)O)nn23)c1. The van der Waals surface area contributed by atoms with Crippen molar-refractivity contribution >= 4 is 11.7 Å². The quantitative estimate of drug-likeness (QED) is 0.779. The molecule has 2 heterocycles. The van der Waals surface area contributed by atoms with E-state index in [1.807, 2.05) is 24.3 Å². The highest BCUT2D eigenvalue weighted by atomic mass is 16.5. The average molecular weight is 284 g/mol. The number of aliphatic carboxylic acids is 1. The number of rotatable bonds is 4. The van der Waals surface area contributed by atoms with E-state index in [1.165, 1.54) is 4.52 Å². The number of ether oxygens (including phenoxy) is 1. The lowest BCUT2D eigenvalue weighted by Crippen LogP contribution is -2.02. The minimum Gasteiger partial charge on any atom is -0.497 e. The molecule has 0 fully saturated rings. The Labute approximate surface area is 119 Å². The Morgan fingerprint density at radius 3 is 3.00 bits per heavy atom. The van der Waals surface area contributed by atoms with E-state index >= 15 is 0 Å². The predicted molar refractivity (Wildman–Crippen MR) is 74.1 cm³/mol. The van der Waals surface area contributed by atoms with E-state index in [0.717, 1.165) is 17.0 Å². The van der Waals surface area contributed by atoms with Crippen molar-refractivity contribution in [2.75, 3.05) is 7.11 Å². The normalized spacial score (nSPS) is 10.7. The molecule has 7 nitrogen and oxygen atoms in total. The van der Waals surface area contributed by atoms with Gasteiger partial charge in [0, 0.05) is 11.8 Å². The molecule has 2 aromatic heterocycles. The van der Waals surface area contributed by atoms with E-state index < -0.39 is 5.97 Å². The monoisotopic (exact) mass is 284 g/mol. The topological polar surface area (TPSA) is 89.6 Å². The Kier molecular flexibility index (Phi) is 3.23. The van der Waals surface area contributed by atoms with Crippen LogP contribution in [0.2, 0.25) is 0 Å². The van der Waals surface area contributed by atoms with Gasteiger partial charge in [0.1, 0.15) is 12.2 Å². The van der Waals surface area contributed by atoms with Gasteiger partial charge in [0.05, 0.1) is 12.8 Å². The first-order valence-electron chi connectivity index (χ1n) is 6.24. The molecule has 106 valence electrons. The Morgan fingerprint density at radius 2 is 2.24 bits per heavy atom. The molecule has 21 heavy (non-hydrogen) atoms. The first-order chi connectivity index (χ1) is 10.2. The minimum atomic E-state index is -0.978. The number of aromatic nitrogens is 4. The molecule has 1 aromatic carbocycles. The molecule has 3 rings (SSSR count). The first-order valence-corrected chi connectivity index (χ1v) is 6.24. The van der Waals surface area contributed by atoms with Crippen molar-refractivity contribution in [3.8, 4) is 17.0 Å². The Hall–Kier alpha value is -2.96. The molecule has 0 unspecified atom stereocenters. The van der Waals surface area contributed by atoms with Gasteiger partial charge in [-0.05, 0) is 18.2 Å². The molecule has 3 aromatic rings. The van der Waals surface area contributed by atoms with Crippen molar-refractivity contribution in [1.82, 2.24) is 19.6 Å². The number of carboxylic acids is 1. The van der Waals surface area contributed by atoms with E-state index in [2.05, 4.69) is 15.1 Å². The summed E-state index contributed by atoms with van der Waals surface area (Å²) < 4.78 is 6.74. The fraction of sp³-hybridized carbons (Fsp3) is 0.143. The molecule has 0 aliphatic carbocycles. The third-order valence-electron chi connectivity index (χ3n) is 2.96. The summed E-state index contributed by atoms with van der Waals surface area (Å²) in [5.74, 6) is 0.342. The second kappa shape index (κ2) is 5.20. The van der Waals surface area contributed by atoms with Crippen LogP contribution in [0.5, 0.6) is 5.75 Å². The molecular weight excluding hydrogens is 272 g/mol. The number of hydrogen-bond acceptors (Lipinski definition) is 5. The van der Waals surface area contributed by atoms with Crippen LogP contribution in [0.25, 0.3) is 17.0 Å². The average Bonchev–Trinajstić information content (AvgIpc) is 2.88. The number of carboxylic acid groups (broad SMARTS) is 1. The third kappa shape index (κ3) is 2.53. The molecule has 0 saturated carbocycles.